The Hall–Kier alpha value is -0.940. The van der Waals surface area contributed by atoms with Gasteiger partial charge in [-0.1, -0.05) is 35.3 Å². The van der Waals surface area contributed by atoms with E-state index < -0.39 is 0 Å². The van der Waals surface area contributed by atoms with Gasteiger partial charge in [-0.05, 0) is 47.9 Å². The normalized spacial score (nSPS) is 17.3. The molecule has 0 bridgehead atoms. The van der Waals surface area contributed by atoms with Crippen LogP contribution in [-0.2, 0) is 6.42 Å². The molecule has 118 valence electrons. The quantitative estimate of drug-likeness (QED) is 0.622. The molecule has 0 saturated carbocycles. The van der Waals surface area contributed by atoms with Crippen LogP contribution in [0, 0.1) is 0 Å². The fraction of sp³-hybridized carbons (Fsp3) is 0.250. The zero-order valence-electron chi connectivity index (χ0n) is 11.6. The lowest BCUT2D eigenvalue weighted by Crippen LogP contribution is -2.20. The van der Waals surface area contributed by atoms with Gasteiger partial charge < -0.3 is 15.5 Å². The SMILES string of the molecule is Br.Oc1cc2c(c(Cl)c1O)CCNCC2c1ccc(Cl)cc1. The summed E-state index contributed by atoms with van der Waals surface area (Å²) in [5.41, 5.74) is 2.93. The molecule has 1 aliphatic rings. The molecule has 0 radical (unpaired) electrons. The first kappa shape index (κ1) is 17.4. The molecule has 22 heavy (non-hydrogen) atoms. The third-order valence-electron chi connectivity index (χ3n) is 3.90. The van der Waals surface area contributed by atoms with Crippen molar-refractivity contribution in [3.63, 3.8) is 0 Å². The second kappa shape index (κ2) is 7.09. The number of rotatable bonds is 1. The first-order chi connectivity index (χ1) is 10.1. The zero-order valence-corrected chi connectivity index (χ0v) is 14.9. The second-order valence-electron chi connectivity index (χ2n) is 5.18. The Morgan fingerprint density at radius 2 is 1.77 bits per heavy atom. The predicted molar refractivity (Wildman–Crippen MR) is 95.0 cm³/mol. The van der Waals surface area contributed by atoms with Gasteiger partial charge in [-0.3, -0.25) is 0 Å². The van der Waals surface area contributed by atoms with Crippen LogP contribution in [0.4, 0.5) is 0 Å². The minimum absolute atomic E-state index is 0. The molecule has 2 aromatic carbocycles. The smallest absolute Gasteiger partial charge is 0.176 e. The maximum atomic E-state index is 9.88. The summed E-state index contributed by atoms with van der Waals surface area (Å²) in [6, 6.07) is 9.26. The second-order valence-corrected chi connectivity index (χ2v) is 6.00. The van der Waals surface area contributed by atoms with Gasteiger partial charge in [0.25, 0.3) is 0 Å². The summed E-state index contributed by atoms with van der Waals surface area (Å²) in [6.07, 6.45) is 0.714. The predicted octanol–water partition coefficient (Wildman–Crippen LogP) is 4.26. The van der Waals surface area contributed by atoms with Gasteiger partial charge in [0.05, 0.1) is 5.02 Å². The molecule has 0 aromatic heterocycles. The van der Waals surface area contributed by atoms with Crippen LogP contribution in [0.3, 0.4) is 0 Å². The minimum Gasteiger partial charge on any atom is -0.504 e. The van der Waals surface area contributed by atoms with E-state index >= 15 is 0 Å². The molecule has 1 heterocycles. The van der Waals surface area contributed by atoms with Crippen molar-refractivity contribution < 1.29 is 10.2 Å². The maximum Gasteiger partial charge on any atom is 0.176 e. The average molecular weight is 405 g/mol. The minimum atomic E-state index is -0.243. The van der Waals surface area contributed by atoms with Crippen LogP contribution in [0.1, 0.15) is 22.6 Å². The van der Waals surface area contributed by atoms with E-state index in [0.29, 0.717) is 11.4 Å². The van der Waals surface area contributed by atoms with Gasteiger partial charge >= 0.3 is 0 Å². The van der Waals surface area contributed by atoms with Crippen LogP contribution in [0.5, 0.6) is 11.5 Å². The van der Waals surface area contributed by atoms with E-state index in [1.54, 1.807) is 6.07 Å². The maximum absolute atomic E-state index is 9.88. The summed E-state index contributed by atoms with van der Waals surface area (Å²) in [5, 5.41) is 24.0. The van der Waals surface area contributed by atoms with Gasteiger partial charge in [-0.25, -0.2) is 0 Å². The number of nitrogens with one attached hydrogen (secondary N) is 1. The Morgan fingerprint density at radius 1 is 1.09 bits per heavy atom. The number of benzene rings is 2. The number of hydrogen-bond acceptors (Lipinski definition) is 3. The van der Waals surface area contributed by atoms with Gasteiger partial charge in [-0.2, -0.15) is 0 Å². The first-order valence-electron chi connectivity index (χ1n) is 6.77. The molecule has 0 spiro atoms. The summed E-state index contributed by atoms with van der Waals surface area (Å²) in [6.45, 7) is 1.52. The topological polar surface area (TPSA) is 52.5 Å². The highest BCUT2D eigenvalue weighted by molar-refractivity contribution is 8.93. The van der Waals surface area contributed by atoms with Crippen LogP contribution in [0.2, 0.25) is 10.0 Å². The highest BCUT2D eigenvalue weighted by atomic mass is 79.9. The molecule has 6 heteroatoms. The average Bonchev–Trinajstić information content (AvgIpc) is 2.68. The highest BCUT2D eigenvalue weighted by Gasteiger charge is 2.25. The van der Waals surface area contributed by atoms with Crippen LogP contribution in [-0.4, -0.2) is 23.3 Å². The highest BCUT2D eigenvalue weighted by Crippen LogP contribution is 2.42. The Labute approximate surface area is 149 Å². The summed E-state index contributed by atoms with van der Waals surface area (Å²) in [4.78, 5) is 0. The summed E-state index contributed by atoms with van der Waals surface area (Å²) in [5.74, 6) is -0.365. The fourth-order valence-electron chi connectivity index (χ4n) is 2.81. The molecule has 1 aliphatic heterocycles. The van der Waals surface area contributed by atoms with Gasteiger partial charge in [0.15, 0.2) is 11.5 Å². The van der Waals surface area contributed by atoms with Crippen LogP contribution in [0.25, 0.3) is 0 Å². The van der Waals surface area contributed by atoms with Crippen molar-refractivity contribution >= 4 is 40.2 Å². The van der Waals surface area contributed by atoms with Crippen molar-refractivity contribution in [2.45, 2.75) is 12.3 Å². The van der Waals surface area contributed by atoms with Crippen molar-refractivity contribution in [1.82, 2.24) is 5.32 Å². The molecular formula is C16H16BrCl2NO2. The van der Waals surface area contributed by atoms with Gasteiger partial charge in [-0.15, -0.1) is 17.0 Å². The van der Waals surface area contributed by atoms with Crippen molar-refractivity contribution in [2.75, 3.05) is 13.1 Å². The molecule has 0 amide bonds. The molecule has 2 aromatic rings. The molecular weight excluding hydrogens is 389 g/mol. The van der Waals surface area contributed by atoms with Crippen molar-refractivity contribution in [3.05, 3.63) is 57.1 Å². The Balaban J connectivity index is 0.00000176. The summed E-state index contributed by atoms with van der Waals surface area (Å²) >= 11 is 12.2. The van der Waals surface area contributed by atoms with Crippen LogP contribution >= 0.6 is 40.2 Å². The van der Waals surface area contributed by atoms with E-state index in [-0.39, 0.29) is 39.4 Å². The van der Waals surface area contributed by atoms with Gasteiger partial charge in [0, 0.05) is 17.5 Å². The number of aromatic hydroxyl groups is 2. The lowest BCUT2D eigenvalue weighted by molar-refractivity contribution is 0.402. The molecule has 3 N–H and O–H groups in total. The zero-order chi connectivity index (χ0) is 15.0. The number of fused-ring (bicyclic) bond motifs is 1. The largest absolute Gasteiger partial charge is 0.504 e. The Kier molecular flexibility index (Phi) is 5.61. The third kappa shape index (κ3) is 3.20. The lowest BCUT2D eigenvalue weighted by Gasteiger charge is -2.20. The molecule has 0 fully saturated rings. The molecule has 3 nitrogen and oxygen atoms in total. The number of phenols is 2. The summed E-state index contributed by atoms with van der Waals surface area (Å²) in [7, 11) is 0. The Morgan fingerprint density at radius 3 is 2.45 bits per heavy atom. The van der Waals surface area contributed by atoms with E-state index in [0.717, 1.165) is 29.8 Å². The van der Waals surface area contributed by atoms with Gasteiger partial charge in [0.1, 0.15) is 0 Å². The first-order valence-corrected chi connectivity index (χ1v) is 7.53. The summed E-state index contributed by atoms with van der Waals surface area (Å²) < 4.78 is 0. The number of halogens is 3. The number of phenolic OH excluding ortho intramolecular Hbond substituents is 2. The van der Waals surface area contributed by atoms with Crippen molar-refractivity contribution in [3.8, 4) is 11.5 Å². The van der Waals surface area contributed by atoms with E-state index in [2.05, 4.69) is 5.32 Å². The van der Waals surface area contributed by atoms with Crippen molar-refractivity contribution in [2.24, 2.45) is 0 Å². The third-order valence-corrected chi connectivity index (χ3v) is 4.56. The van der Waals surface area contributed by atoms with Gasteiger partial charge in [0.2, 0.25) is 0 Å². The van der Waals surface area contributed by atoms with E-state index in [1.165, 1.54) is 0 Å². The molecule has 3 rings (SSSR count). The van der Waals surface area contributed by atoms with Crippen molar-refractivity contribution in [1.29, 1.82) is 0 Å². The molecule has 1 atom stereocenters. The molecule has 0 aliphatic carbocycles. The lowest BCUT2D eigenvalue weighted by atomic mass is 9.87. The van der Waals surface area contributed by atoms with Crippen LogP contribution in [0.15, 0.2) is 30.3 Å². The Bertz CT molecular complexity index is 677. The fourth-order valence-corrected chi connectivity index (χ4v) is 3.24. The standard InChI is InChI=1S/C16H15Cl2NO2.BrH/c17-10-3-1-9(2-4-10)13-8-19-6-5-11-12(13)7-14(20)16(21)15(11)18;/h1-4,7,13,19-21H,5-6,8H2;1H. The van der Waals surface area contributed by atoms with Crippen LogP contribution < -0.4 is 5.32 Å². The van der Waals surface area contributed by atoms with E-state index in [1.807, 2.05) is 24.3 Å². The molecule has 1 unspecified atom stereocenters. The monoisotopic (exact) mass is 403 g/mol. The van der Waals surface area contributed by atoms with E-state index in [9.17, 15) is 10.2 Å². The number of hydrogen-bond donors (Lipinski definition) is 3. The molecule has 0 saturated heterocycles. The van der Waals surface area contributed by atoms with E-state index in [4.69, 9.17) is 23.2 Å².